The second-order valence-electron chi connectivity index (χ2n) is 7.40. The SMILES string of the molecule is C=CC(=O)Nc1ccc(F)c(Nc2nc(Nc3cnn(C)c3)ncc2-c2cccc(OC(F)F)c2)c1. The molecule has 0 aliphatic heterocycles. The number of nitrogens with one attached hydrogen (secondary N) is 3. The van der Waals surface area contributed by atoms with Crippen molar-refractivity contribution in [1.29, 1.82) is 0 Å². The van der Waals surface area contributed by atoms with Gasteiger partial charge in [-0.1, -0.05) is 18.7 Å². The smallest absolute Gasteiger partial charge is 0.387 e. The van der Waals surface area contributed by atoms with Crippen molar-refractivity contribution in [3.63, 3.8) is 0 Å². The molecule has 2 aromatic carbocycles. The Morgan fingerprint density at radius 1 is 1.14 bits per heavy atom. The highest BCUT2D eigenvalue weighted by Gasteiger charge is 2.15. The van der Waals surface area contributed by atoms with Gasteiger partial charge in [0.15, 0.2) is 0 Å². The van der Waals surface area contributed by atoms with Crippen LogP contribution in [-0.4, -0.2) is 32.3 Å². The molecule has 1 amide bonds. The van der Waals surface area contributed by atoms with Gasteiger partial charge in [0.25, 0.3) is 0 Å². The zero-order valence-electron chi connectivity index (χ0n) is 18.9. The summed E-state index contributed by atoms with van der Waals surface area (Å²) in [6.45, 7) is 0.394. The molecule has 36 heavy (non-hydrogen) atoms. The number of ether oxygens (including phenoxy) is 1. The third kappa shape index (κ3) is 5.97. The van der Waals surface area contributed by atoms with Crippen LogP contribution in [0.2, 0.25) is 0 Å². The fourth-order valence-electron chi connectivity index (χ4n) is 3.22. The maximum absolute atomic E-state index is 14.7. The molecule has 0 aliphatic carbocycles. The number of alkyl halides is 2. The molecule has 2 aromatic heterocycles. The Labute approximate surface area is 203 Å². The van der Waals surface area contributed by atoms with E-state index in [1.54, 1.807) is 30.2 Å². The zero-order chi connectivity index (χ0) is 25.7. The average molecular weight is 495 g/mol. The summed E-state index contributed by atoms with van der Waals surface area (Å²) in [4.78, 5) is 20.4. The summed E-state index contributed by atoms with van der Waals surface area (Å²) in [6.07, 6.45) is 5.82. The van der Waals surface area contributed by atoms with Crippen LogP contribution < -0.4 is 20.7 Å². The minimum Gasteiger partial charge on any atom is -0.435 e. The molecule has 0 atom stereocenters. The number of aryl methyl sites for hydroxylation is 1. The predicted octanol–water partition coefficient (Wildman–Crippen LogP) is 5.23. The highest BCUT2D eigenvalue weighted by atomic mass is 19.3. The number of nitrogens with zero attached hydrogens (tertiary/aromatic N) is 4. The van der Waals surface area contributed by atoms with E-state index < -0.39 is 18.3 Å². The normalized spacial score (nSPS) is 10.7. The van der Waals surface area contributed by atoms with E-state index in [0.29, 0.717) is 22.5 Å². The van der Waals surface area contributed by atoms with E-state index in [1.807, 2.05) is 0 Å². The third-order valence-electron chi connectivity index (χ3n) is 4.79. The second kappa shape index (κ2) is 10.6. The van der Waals surface area contributed by atoms with E-state index in [4.69, 9.17) is 0 Å². The maximum Gasteiger partial charge on any atom is 0.387 e. The van der Waals surface area contributed by atoms with Crippen LogP contribution in [0.5, 0.6) is 5.75 Å². The first kappa shape index (κ1) is 24.3. The molecular weight excluding hydrogens is 475 g/mol. The Kier molecular flexibility index (Phi) is 7.14. The molecule has 0 aliphatic rings. The average Bonchev–Trinajstić information content (AvgIpc) is 3.25. The van der Waals surface area contributed by atoms with Gasteiger partial charge < -0.3 is 20.7 Å². The van der Waals surface area contributed by atoms with Gasteiger partial charge in [0.05, 0.1) is 17.6 Å². The van der Waals surface area contributed by atoms with Crippen LogP contribution in [0.3, 0.4) is 0 Å². The van der Waals surface area contributed by atoms with Crippen LogP contribution in [0, 0.1) is 5.82 Å². The monoisotopic (exact) mass is 495 g/mol. The first-order chi connectivity index (χ1) is 17.3. The Bertz CT molecular complexity index is 1410. The summed E-state index contributed by atoms with van der Waals surface area (Å²) in [5.74, 6) is -0.810. The van der Waals surface area contributed by atoms with Crippen molar-refractivity contribution in [2.24, 2.45) is 7.05 Å². The number of benzene rings is 2. The van der Waals surface area contributed by atoms with Crippen molar-refractivity contribution in [2.45, 2.75) is 6.61 Å². The van der Waals surface area contributed by atoms with Gasteiger partial charge in [0.2, 0.25) is 11.9 Å². The molecule has 184 valence electrons. The van der Waals surface area contributed by atoms with Gasteiger partial charge in [-0.25, -0.2) is 9.37 Å². The number of amides is 1. The summed E-state index contributed by atoms with van der Waals surface area (Å²) in [7, 11) is 1.75. The molecule has 12 heteroatoms. The molecule has 0 saturated heterocycles. The quantitative estimate of drug-likeness (QED) is 0.273. The van der Waals surface area contributed by atoms with Crippen molar-refractivity contribution in [3.05, 3.63) is 79.5 Å². The van der Waals surface area contributed by atoms with Crippen LogP contribution in [0.1, 0.15) is 0 Å². The Morgan fingerprint density at radius 2 is 1.97 bits per heavy atom. The highest BCUT2D eigenvalue weighted by molar-refractivity contribution is 5.99. The van der Waals surface area contributed by atoms with E-state index in [-0.39, 0.29) is 23.2 Å². The maximum atomic E-state index is 14.7. The molecule has 9 nitrogen and oxygen atoms in total. The molecule has 0 spiro atoms. The largest absolute Gasteiger partial charge is 0.435 e. The molecule has 3 N–H and O–H groups in total. The van der Waals surface area contributed by atoms with Crippen LogP contribution in [0.25, 0.3) is 11.1 Å². The number of hydrogen-bond donors (Lipinski definition) is 3. The molecule has 0 bridgehead atoms. The first-order valence-electron chi connectivity index (χ1n) is 10.5. The molecule has 0 radical (unpaired) electrons. The molecule has 2 heterocycles. The Morgan fingerprint density at radius 3 is 2.69 bits per heavy atom. The lowest BCUT2D eigenvalue weighted by molar-refractivity contribution is -0.111. The number of carbonyl (C=O) groups excluding carboxylic acids is 1. The minimum absolute atomic E-state index is 0.00382. The summed E-state index contributed by atoms with van der Waals surface area (Å²) in [6, 6.07) is 9.90. The topological polar surface area (TPSA) is 106 Å². The van der Waals surface area contributed by atoms with Crippen LogP contribution in [-0.2, 0) is 11.8 Å². The van der Waals surface area contributed by atoms with Gasteiger partial charge in [-0.05, 0) is 42.0 Å². The van der Waals surface area contributed by atoms with Gasteiger partial charge >= 0.3 is 6.61 Å². The predicted molar refractivity (Wildman–Crippen MR) is 129 cm³/mol. The number of hydrogen-bond acceptors (Lipinski definition) is 7. The Balaban J connectivity index is 1.74. The number of carbonyl (C=O) groups is 1. The van der Waals surface area contributed by atoms with Gasteiger partial charge in [0.1, 0.15) is 17.4 Å². The molecular formula is C24H20F3N7O2. The van der Waals surface area contributed by atoms with Crippen LogP contribution in [0.15, 0.2) is 73.7 Å². The van der Waals surface area contributed by atoms with Crippen LogP contribution >= 0.6 is 0 Å². The van der Waals surface area contributed by atoms with Gasteiger partial charge in [-0.15, -0.1) is 0 Å². The van der Waals surface area contributed by atoms with Crippen molar-refractivity contribution in [2.75, 3.05) is 16.0 Å². The number of rotatable bonds is 9. The van der Waals surface area contributed by atoms with E-state index in [1.165, 1.54) is 42.6 Å². The number of halogens is 3. The summed E-state index contributed by atoms with van der Waals surface area (Å²) in [5.41, 5.74) is 1.76. The van der Waals surface area contributed by atoms with Gasteiger partial charge in [0, 0.05) is 30.7 Å². The van der Waals surface area contributed by atoms with Gasteiger partial charge in [-0.3, -0.25) is 9.48 Å². The number of aromatic nitrogens is 4. The van der Waals surface area contributed by atoms with Crippen molar-refractivity contribution in [3.8, 4) is 16.9 Å². The fourth-order valence-corrected chi connectivity index (χ4v) is 3.22. The molecule has 0 saturated carbocycles. The summed E-state index contributed by atoms with van der Waals surface area (Å²) < 4.78 is 46.2. The standard InChI is InChI=1S/C24H20F3N7O2/c1-3-21(35)30-15-7-8-19(25)20(10-15)32-22-18(14-5-4-6-17(9-14)36-23(26)27)12-28-24(33-22)31-16-11-29-34(2)13-16/h3-13,23H,1H2,2H3,(H,30,35)(H2,28,31,32,33). The van der Waals surface area contributed by atoms with Gasteiger partial charge in [-0.2, -0.15) is 18.9 Å². The number of anilines is 5. The fraction of sp³-hybridized carbons (Fsp3) is 0.0833. The molecule has 4 rings (SSSR count). The zero-order valence-corrected chi connectivity index (χ0v) is 18.9. The Hall–Kier alpha value is -4.87. The lowest BCUT2D eigenvalue weighted by Crippen LogP contribution is -2.08. The second-order valence-corrected chi connectivity index (χ2v) is 7.40. The molecule has 0 fully saturated rings. The van der Waals surface area contributed by atoms with E-state index >= 15 is 0 Å². The third-order valence-corrected chi connectivity index (χ3v) is 4.79. The van der Waals surface area contributed by atoms with E-state index in [0.717, 1.165) is 6.08 Å². The minimum atomic E-state index is -3.00. The van der Waals surface area contributed by atoms with Crippen LogP contribution in [0.4, 0.5) is 42.0 Å². The first-order valence-corrected chi connectivity index (χ1v) is 10.5. The summed E-state index contributed by atoms with van der Waals surface area (Å²) in [5, 5.41) is 12.5. The summed E-state index contributed by atoms with van der Waals surface area (Å²) >= 11 is 0. The molecule has 4 aromatic rings. The van der Waals surface area contributed by atoms with Crippen molar-refractivity contribution >= 4 is 34.7 Å². The van der Waals surface area contributed by atoms with E-state index in [9.17, 15) is 18.0 Å². The lowest BCUT2D eigenvalue weighted by atomic mass is 10.1. The lowest BCUT2D eigenvalue weighted by Gasteiger charge is -2.15. The highest BCUT2D eigenvalue weighted by Crippen LogP contribution is 2.33. The molecule has 0 unspecified atom stereocenters. The van der Waals surface area contributed by atoms with E-state index in [2.05, 4.69) is 42.3 Å². The van der Waals surface area contributed by atoms with Crippen molar-refractivity contribution in [1.82, 2.24) is 19.7 Å². The van der Waals surface area contributed by atoms with Crippen molar-refractivity contribution < 1.29 is 22.7 Å².